The number of anilines is 3. The molecule has 3 aromatic heterocycles. The van der Waals surface area contributed by atoms with E-state index >= 15 is 0 Å². The maximum atomic E-state index is 4.67. The van der Waals surface area contributed by atoms with Crippen LogP contribution in [0.2, 0.25) is 0 Å². The van der Waals surface area contributed by atoms with Crippen LogP contribution in [0.5, 0.6) is 0 Å². The number of pyridine rings is 1. The Morgan fingerprint density at radius 3 is 2.57 bits per heavy atom. The number of nitrogens with zero attached hydrogens (tertiary/aromatic N) is 6. The molecule has 8 nitrogen and oxygen atoms in total. The van der Waals surface area contributed by atoms with Crippen LogP contribution in [0, 0.1) is 6.92 Å². The van der Waals surface area contributed by atoms with E-state index in [-0.39, 0.29) is 0 Å². The average molecular weight is 378 g/mol. The van der Waals surface area contributed by atoms with Crippen molar-refractivity contribution in [1.29, 1.82) is 0 Å². The van der Waals surface area contributed by atoms with E-state index in [2.05, 4.69) is 60.0 Å². The lowest BCUT2D eigenvalue weighted by Crippen LogP contribution is -2.43. The van der Waals surface area contributed by atoms with Crippen molar-refractivity contribution in [2.45, 2.75) is 26.8 Å². The number of piperazine rings is 1. The van der Waals surface area contributed by atoms with Crippen LogP contribution in [-0.4, -0.2) is 50.7 Å². The smallest absolute Gasteiger partial charge is 0.228 e. The second-order valence-electron chi connectivity index (χ2n) is 7.18. The molecule has 1 saturated heterocycles. The minimum Gasteiger partial charge on any atom is -0.368 e. The maximum absolute atomic E-state index is 4.67. The Bertz CT molecular complexity index is 926. The summed E-state index contributed by atoms with van der Waals surface area (Å²) in [7, 11) is 0. The summed E-state index contributed by atoms with van der Waals surface area (Å²) >= 11 is 0. The Balaban J connectivity index is 1.52. The van der Waals surface area contributed by atoms with Crippen LogP contribution in [0.25, 0.3) is 11.4 Å². The zero-order valence-corrected chi connectivity index (χ0v) is 16.6. The maximum Gasteiger partial charge on any atom is 0.228 e. The molecule has 146 valence electrons. The van der Waals surface area contributed by atoms with Gasteiger partial charge in [0.05, 0.1) is 29.5 Å². The molecule has 0 aliphatic carbocycles. The van der Waals surface area contributed by atoms with Crippen molar-refractivity contribution in [1.82, 2.24) is 29.8 Å². The number of hydrogen-bond donors (Lipinski definition) is 2. The Kier molecular flexibility index (Phi) is 5.21. The van der Waals surface area contributed by atoms with Gasteiger partial charge in [-0.1, -0.05) is 0 Å². The second-order valence-corrected chi connectivity index (χ2v) is 7.18. The second kappa shape index (κ2) is 7.93. The molecule has 0 saturated carbocycles. The van der Waals surface area contributed by atoms with Gasteiger partial charge in [-0.15, -0.1) is 0 Å². The molecule has 28 heavy (non-hydrogen) atoms. The van der Waals surface area contributed by atoms with E-state index in [4.69, 9.17) is 0 Å². The molecule has 8 heteroatoms. The summed E-state index contributed by atoms with van der Waals surface area (Å²) in [5, 5.41) is 6.57. The first-order valence-electron chi connectivity index (χ1n) is 9.68. The molecule has 4 heterocycles. The molecule has 0 spiro atoms. The predicted octanol–water partition coefficient (Wildman–Crippen LogP) is 2.78. The molecule has 2 N–H and O–H groups in total. The number of hydrogen-bond acceptors (Lipinski definition) is 7. The van der Waals surface area contributed by atoms with Crippen LogP contribution in [-0.2, 0) is 0 Å². The van der Waals surface area contributed by atoms with Gasteiger partial charge in [0.1, 0.15) is 11.6 Å². The van der Waals surface area contributed by atoms with Gasteiger partial charge in [0, 0.05) is 38.4 Å². The Hall–Kier alpha value is -3.00. The quantitative estimate of drug-likeness (QED) is 0.706. The molecule has 0 atom stereocenters. The normalized spacial score (nSPS) is 14.5. The van der Waals surface area contributed by atoms with Crippen molar-refractivity contribution < 1.29 is 0 Å². The molecular formula is C20H26N8. The van der Waals surface area contributed by atoms with Crippen molar-refractivity contribution in [3.63, 3.8) is 0 Å². The van der Waals surface area contributed by atoms with E-state index in [1.165, 1.54) is 0 Å². The third-order valence-electron chi connectivity index (χ3n) is 4.89. The van der Waals surface area contributed by atoms with E-state index < -0.39 is 0 Å². The number of imidazole rings is 1. The zero-order chi connectivity index (χ0) is 19.5. The highest BCUT2D eigenvalue weighted by Gasteiger charge is 2.14. The fraction of sp³-hybridized carbons (Fsp3) is 0.400. The van der Waals surface area contributed by atoms with E-state index in [9.17, 15) is 0 Å². The first-order valence-corrected chi connectivity index (χ1v) is 9.68. The molecular weight excluding hydrogens is 352 g/mol. The molecule has 0 radical (unpaired) electrons. The summed E-state index contributed by atoms with van der Waals surface area (Å²) in [6.07, 6.45) is 5.52. The summed E-state index contributed by atoms with van der Waals surface area (Å²) in [5.41, 5.74) is 2.96. The third-order valence-corrected chi connectivity index (χ3v) is 4.89. The van der Waals surface area contributed by atoms with Crippen LogP contribution in [0.4, 0.5) is 17.5 Å². The van der Waals surface area contributed by atoms with Crippen molar-refractivity contribution in [3.8, 4) is 11.4 Å². The molecule has 3 aromatic rings. The topological polar surface area (TPSA) is 83.8 Å². The van der Waals surface area contributed by atoms with Gasteiger partial charge in [-0.25, -0.2) is 19.9 Å². The highest BCUT2D eigenvalue weighted by Crippen LogP contribution is 2.24. The largest absolute Gasteiger partial charge is 0.368 e. The van der Waals surface area contributed by atoms with E-state index in [1.807, 2.05) is 31.5 Å². The first-order chi connectivity index (χ1) is 13.6. The fourth-order valence-corrected chi connectivity index (χ4v) is 3.54. The molecule has 1 aliphatic rings. The summed E-state index contributed by atoms with van der Waals surface area (Å²) in [5.74, 6) is 2.22. The van der Waals surface area contributed by atoms with Crippen LogP contribution in [0.1, 0.15) is 25.7 Å². The van der Waals surface area contributed by atoms with Crippen LogP contribution < -0.4 is 15.5 Å². The molecule has 1 fully saturated rings. The van der Waals surface area contributed by atoms with Gasteiger partial charge in [0.2, 0.25) is 5.95 Å². The number of nitrogens with one attached hydrogen (secondary N) is 2. The SMILES string of the molecule is Cc1ncc(-c2ccnc(Nc3ccc(N4CCNCC4)cn3)n2)n1C(C)C. The van der Waals surface area contributed by atoms with Gasteiger partial charge < -0.3 is 20.1 Å². The number of aryl methyl sites for hydroxylation is 1. The minimum atomic E-state index is 0.308. The summed E-state index contributed by atoms with van der Waals surface area (Å²) in [6.45, 7) is 10.3. The standard InChI is InChI=1S/C20H26N8/c1-14(2)28-15(3)23-13-18(28)17-6-7-22-20(25-17)26-19-5-4-16(12-24-19)27-10-8-21-9-11-27/h4-7,12-14,21H,8-11H2,1-3H3,(H,22,24,25,26). The van der Waals surface area contributed by atoms with Gasteiger partial charge in [-0.2, -0.15) is 0 Å². The molecule has 0 amide bonds. The van der Waals surface area contributed by atoms with Gasteiger partial charge in [0.15, 0.2) is 0 Å². The van der Waals surface area contributed by atoms with Gasteiger partial charge in [-0.05, 0) is 39.0 Å². The van der Waals surface area contributed by atoms with Crippen LogP contribution in [0.15, 0.2) is 36.8 Å². The lowest BCUT2D eigenvalue weighted by molar-refractivity contribution is 0.587. The highest BCUT2D eigenvalue weighted by atomic mass is 15.2. The minimum absolute atomic E-state index is 0.308. The van der Waals surface area contributed by atoms with Crippen molar-refractivity contribution in [3.05, 3.63) is 42.6 Å². The molecule has 1 aliphatic heterocycles. The Morgan fingerprint density at radius 1 is 1.04 bits per heavy atom. The Morgan fingerprint density at radius 2 is 1.86 bits per heavy atom. The van der Waals surface area contributed by atoms with E-state index in [0.29, 0.717) is 12.0 Å². The zero-order valence-electron chi connectivity index (χ0n) is 16.6. The predicted molar refractivity (Wildman–Crippen MR) is 111 cm³/mol. The fourth-order valence-electron chi connectivity index (χ4n) is 3.54. The van der Waals surface area contributed by atoms with Crippen LogP contribution >= 0.6 is 0 Å². The monoisotopic (exact) mass is 378 g/mol. The summed E-state index contributed by atoms with van der Waals surface area (Å²) in [4.78, 5) is 20.3. The van der Waals surface area contributed by atoms with E-state index in [0.717, 1.165) is 54.9 Å². The molecule has 0 bridgehead atoms. The number of aromatic nitrogens is 5. The lowest BCUT2D eigenvalue weighted by Gasteiger charge is -2.29. The summed E-state index contributed by atoms with van der Waals surface area (Å²) < 4.78 is 2.17. The highest BCUT2D eigenvalue weighted by molar-refractivity contribution is 5.59. The van der Waals surface area contributed by atoms with Crippen LogP contribution in [0.3, 0.4) is 0 Å². The van der Waals surface area contributed by atoms with Crippen molar-refractivity contribution in [2.24, 2.45) is 0 Å². The average Bonchev–Trinajstić information content (AvgIpc) is 3.11. The van der Waals surface area contributed by atoms with Gasteiger partial charge in [-0.3, -0.25) is 0 Å². The van der Waals surface area contributed by atoms with Crippen molar-refractivity contribution >= 4 is 17.5 Å². The van der Waals surface area contributed by atoms with E-state index in [1.54, 1.807) is 6.20 Å². The van der Waals surface area contributed by atoms with Gasteiger partial charge in [0.25, 0.3) is 0 Å². The number of rotatable bonds is 5. The molecule has 0 unspecified atom stereocenters. The molecule has 0 aromatic carbocycles. The third kappa shape index (κ3) is 3.82. The summed E-state index contributed by atoms with van der Waals surface area (Å²) in [6, 6.07) is 6.27. The Labute approximate surface area is 165 Å². The van der Waals surface area contributed by atoms with Crippen molar-refractivity contribution in [2.75, 3.05) is 36.4 Å². The molecule has 4 rings (SSSR count). The first kappa shape index (κ1) is 18.4. The van der Waals surface area contributed by atoms with Gasteiger partial charge >= 0.3 is 0 Å². The lowest BCUT2D eigenvalue weighted by atomic mass is 10.2.